The SMILES string of the molecule is CC1(c2nnnn2CC(=O)O)CCCO1. The van der Waals surface area contributed by atoms with E-state index in [0.717, 1.165) is 12.8 Å². The van der Waals surface area contributed by atoms with Crippen molar-refractivity contribution in [2.45, 2.75) is 31.9 Å². The molecule has 1 unspecified atom stereocenters. The van der Waals surface area contributed by atoms with Gasteiger partial charge in [-0.2, -0.15) is 0 Å². The van der Waals surface area contributed by atoms with Crippen molar-refractivity contribution in [1.29, 1.82) is 0 Å². The van der Waals surface area contributed by atoms with Crippen LogP contribution >= 0.6 is 0 Å². The van der Waals surface area contributed by atoms with E-state index < -0.39 is 11.6 Å². The lowest BCUT2D eigenvalue weighted by Crippen LogP contribution is -2.27. The molecule has 7 nitrogen and oxygen atoms in total. The normalized spacial score (nSPS) is 25.7. The van der Waals surface area contributed by atoms with Crippen LogP contribution in [0.15, 0.2) is 0 Å². The highest BCUT2D eigenvalue weighted by molar-refractivity contribution is 5.66. The number of carboxylic acid groups (broad SMARTS) is 1. The van der Waals surface area contributed by atoms with Crippen LogP contribution in [0.5, 0.6) is 0 Å². The molecule has 1 N–H and O–H groups in total. The molecular weight excluding hydrogens is 200 g/mol. The molecule has 1 saturated heterocycles. The number of nitrogens with zero attached hydrogens (tertiary/aromatic N) is 4. The van der Waals surface area contributed by atoms with Gasteiger partial charge in [-0.05, 0) is 30.2 Å². The molecule has 0 spiro atoms. The summed E-state index contributed by atoms with van der Waals surface area (Å²) in [6.45, 7) is 2.31. The molecule has 0 radical (unpaired) electrons. The van der Waals surface area contributed by atoms with Gasteiger partial charge in [0, 0.05) is 6.61 Å². The van der Waals surface area contributed by atoms with E-state index in [0.29, 0.717) is 12.4 Å². The summed E-state index contributed by atoms with van der Waals surface area (Å²) in [5.41, 5.74) is -0.543. The number of aliphatic carboxylic acids is 1. The zero-order chi connectivity index (χ0) is 10.9. The molecule has 7 heteroatoms. The molecule has 1 aliphatic heterocycles. The first-order valence-corrected chi connectivity index (χ1v) is 4.74. The smallest absolute Gasteiger partial charge is 0.325 e. The first-order valence-electron chi connectivity index (χ1n) is 4.74. The summed E-state index contributed by atoms with van der Waals surface area (Å²) in [5.74, 6) is -0.479. The molecule has 1 fully saturated rings. The van der Waals surface area contributed by atoms with Gasteiger partial charge < -0.3 is 9.84 Å². The van der Waals surface area contributed by atoms with Crippen molar-refractivity contribution in [2.24, 2.45) is 0 Å². The Morgan fingerprint density at radius 3 is 3.13 bits per heavy atom. The quantitative estimate of drug-likeness (QED) is 0.745. The molecule has 0 saturated carbocycles. The van der Waals surface area contributed by atoms with E-state index in [2.05, 4.69) is 15.5 Å². The van der Waals surface area contributed by atoms with Gasteiger partial charge in [-0.25, -0.2) is 4.68 Å². The van der Waals surface area contributed by atoms with Crippen LogP contribution in [-0.2, 0) is 21.7 Å². The van der Waals surface area contributed by atoms with Gasteiger partial charge in [-0.15, -0.1) is 5.10 Å². The number of ether oxygens (including phenoxy) is 1. The van der Waals surface area contributed by atoms with E-state index in [1.165, 1.54) is 4.68 Å². The maximum absolute atomic E-state index is 10.6. The molecule has 15 heavy (non-hydrogen) atoms. The Hall–Kier alpha value is -1.50. The second-order valence-electron chi connectivity index (χ2n) is 3.74. The van der Waals surface area contributed by atoms with E-state index in [1.54, 1.807) is 0 Å². The minimum Gasteiger partial charge on any atom is -0.480 e. The van der Waals surface area contributed by atoms with E-state index in [9.17, 15) is 4.79 Å². The van der Waals surface area contributed by atoms with Gasteiger partial charge in [0.1, 0.15) is 12.1 Å². The molecule has 0 bridgehead atoms. The monoisotopic (exact) mass is 212 g/mol. The van der Waals surface area contributed by atoms with Crippen molar-refractivity contribution in [3.05, 3.63) is 5.82 Å². The summed E-state index contributed by atoms with van der Waals surface area (Å²) < 4.78 is 6.82. The number of carboxylic acids is 1. The molecule has 0 aliphatic carbocycles. The Kier molecular flexibility index (Phi) is 2.39. The molecule has 2 heterocycles. The first-order chi connectivity index (χ1) is 7.12. The molecule has 1 aliphatic rings. The lowest BCUT2D eigenvalue weighted by Gasteiger charge is -2.20. The van der Waals surface area contributed by atoms with Gasteiger partial charge in [0.25, 0.3) is 0 Å². The van der Waals surface area contributed by atoms with Gasteiger partial charge in [0.05, 0.1) is 0 Å². The van der Waals surface area contributed by atoms with Crippen LogP contribution in [-0.4, -0.2) is 37.9 Å². The van der Waals surface area contributed by atoms with Crippen LogP contribution in [0.4, 0.5) is 0 Å². The predicted molar refractivity (Wildman–Crippen MR) is 48.0 cm³/mol. The van der Waals surface area contributed by atoms with E-state index >= 15 is 0 Å². The number of tetrazole rings is 1. The van der Waals surface area contributed by atoms with Crippen molar-refractivity contribution in [3.63, 3.8) is 0 Å². The third-order valence-corrected chi connectivity index (χ3v) is 2.51. The van der Waals surface area contributed by atoms with Crippen LogP contribution in [0.1, 0.15) is 25.6 Å². The largest absolute Gasteiger partial charge is 0.480 e. The predicted octanol–water partition coefficient (Wildman–Crippen LogP) is -0.217. The maximum Gasteiger partial charge on any atom is 0.325 e. The van der Waals surface area contributed by atoms with Crippen LogP contribution in [0.2, 0.25) is 0 Å². The minimum atomic E-state index is -0.967. The van der Waals surface area contributed by atoms with E-state index in [4.69, 9.17) is 9.84 Å². The van der Waals surface area contributed by atoms with Crippen LogP contribution < -0.4 is 0 Å². The highest BCUT2D eigenvalue weighted by Crippen LogP contribution is 2.33. The van der Waals surface area contributed by atoms with Crippen molar-refractivity contribution in [1.82, 2.24) is 20.2 Å². The standard InChI is InChI=1S/C8H12N4O3/c1-8(3-2-4-15-8)7-9-10-11-12(7)5-6(13)14/h2-5H2,1H3,(H,13,14). The zero-order valence-electron chi connectivity index (χ0n) is 8.38. The minimum absolute atomic E-state index is 0.235. The summed E-state index contributed by atoms with van der Waals surface area (Å²) in [6, 6.07) is 0. The zero-order valence-corrected chi connectivity index (χ0v) is 8.38. The number of carbonyl (C=O) groups is 1. The fourth-order valence-corrected chi connectivity index (χ4v) is 1.77. The molecule has 1 aromatic rings. The second kappa shape index (κ2) is 3.58. The van der Waals surface area contributed by atoms with Gasteiger partial charge in [0.15, 0.2) is 5.82 Å². The third-order valence-electron chi connectivity index (χ3n) is 2.51. The lowest BCUT2D eigenvalue weighted by atomic mass is 10.0. The van der Waals surface area contributed by atoms with Crippen LogP contribution in [0.3, 0.4) is 0 Å². The van der Waals surface area contributed by atoms with Gasteiger partial charge in [0.2, 0.25) is 0 Å². The molecule has 82 valence electrons. The molecule has 0 amide bonds. The fourth-order valence-electron chi connectivity index (χ4n) is 1.77. The molecule has 0 aromatic carbocycles. The van der Waals surface area contributed by atoms with Gasteiger partial charge in [-0.3, -0.25) is 4.79 Å². The van der Waals surface area contributed by atoms with Crippen molar-refractivity contribution in [2.75, 3.05) is 6.61 Å². The number of hydrogen-bond donors (Lipinski definition) is 1. The molecule has 1 atom stereocenters. The average Bonchev–Trinajstić information content (AvgIpc) is 2.73. The number of hydrogen-bond acceptors (Lipinski definition) is 5. The van der Waals surface area contributed by atoms with Crippen LogP contribution in [0.25, 0.3) is 0 Å². The Morgan fingerprint density at radius 2 is 2.53 bits per heavy atom. The van der Waals surface area contributed by atoms with Crippen molar-refractivity contribution < 1.29 is 14.6 Å². The third kappa shape index (κ3) is 1.82. The lowest BCUT2D eigenvalue weighted by molar-refractivity contribution is -0.138. The summed E-state index contributed by atoms with van der Waals surface area (Å²) in [6.07, 6.45) is 1.75. The molecule has 2 rings (SSSR count). The first kappa shape index (κ1) is 10.0. The Bertz CT molecular complexity index is 370. The summed E-state index contributed by atoms with van der Waals surface area (Å²) in [4.78, 5) is 10.6. The van der Waals surface area contributed by atoms with Crippen molar-refractivity contribution in [3.8, 4) is 0 Å². The second-order valence-corrected chi connectivity index (χ2v) is 3.74. The Morgan fingerprint density at radius 1 is 1.73 bits per heavy atom. The van der Waals surface area contributed by atoms with Crippen molar-refractivity contribution >= 4 is 5.97 Å². The van der Waals surface area contributed by atoms with Crippen LogP contribution in [0, 0.1) is 0 Å². The average molecular weight is 212 g/mol. The summed E-state index contributed by atoms with van der Waals surface area (Å²) in [5, 5.41) is 19.6. The molecule has 1 aromatic heterocycles. The highest BCUT2D eigenvalue weighted by atomic mass is 16.5. The maximum atomic E-state index is 10.6. The number of aromatic nitrogens is 4. The van der Waals surface area contributed by atoms with E-state index in [1.807, 2.05) is 6.92 Å². The van der Waals surface area contributed by atoms with E-state index in [-0.39, 0.29) is 6.54 Å². The Labute approximate surface area is 86.0 Å². The Balaban J connectivity index is 2.27. The number of rotatable bonds is 3. The summed E-state index contributed by atoms with van der Waals surface area (Å²) >= 11 is 0. The fraction of sp³-hybridized carbons (Fsp3) is 0.750. The topological polar surface area (TPSA) is 90.1 Å². The highest BCUT2D eigenvalue weighted by Gasteiger charge is 2.37. The van der Waals surface area contributed by atoms with Gasteiger partial charge >= 0.3 is 5.97 Å². The molecular formula is C8H12N4O3. The van der Waals surface area contributed by atoms with Gasteiger partial charge in [-0.1, -0.05) is 0 Å². The summed E-state index contributed by atoms with van der Waals surface area (Å²) in [7, 11) is 0.